The summed E-state index contributed by atoms with van der Waals surface area (Å²) in [6.07, 6.45) is -0.784. The van der Waals surface area contributed by atoms with Crippen molar-refractivity contribution in [1.82, 2.24) is 0 Å². The second-order valence-corrected chi connectivity index (χ2v) is 9.18. The number of quaternary nitrogens is 1. The summed E-state index contributed by atoms with van der Waals surface area (Å²) in [5, 5.41) is 9.60. The maximum Gasteiger partial charge on any atom is 0.520 e. The molecule has 3 aromatic rings. The van der Waals surface area contributed by atoms with E-state index in [4.69, 9.17) is 21.1 Å². The average Bonchev–Trinajstić information content (AvgIpc) is 3.55. The van der Waals surface area contributed by atoms with Crippen LogP contribution in [0.15, 0.2) is 60.7 Å². The van der Waals surface area contributed by atoms with Gasteiger partial charge in [0.05, 0.1) is 5.92 Å². The first-order valence-corrected chi connectivity index (χ1v) is 11.3. The van der Waals surface area contributed by atoms with Gasteiger partial charge in [-0.3, -0.25) is 4.79 Å². The van der Waals surface area contributed by atoms with E-state index in [0.717, 1.165) is 16.7 Å². The summed E-state index contributed by atoms with van der Waals surface area (Å²) in [6, 6.07) is 17.4. The van der Waals surface area contributed by atoms with E-state index in [1.165, 1.54) is 12.1 Å². The average molecular weight is 483 g/mol. The minimum Gasteiger partial charge on any atom is -0.481 e. The van der Waals surface area contributed by atoms with Gasteiger partial charge in [-0.1, -0.05) is 48.0 Å². The van der Waals surface area contributed by atoms with E-state index in [1.54, 1.807) is 19.1 Å². The fraction of sp³-hybridized carbons (Fsp3) is 0.231. The van der Waals surface area contributed by atoms with Crippen molar-refractivity contribution >= 4 is 23.7 Å². The maximum absolute atomic E-state index is 14.0. The molecule has 3 aromatic carbocycles. The van der Waals surface area contributed by atoms with Crippen LogP contribution in [0.1, 0.15) is 29.5 Å². The van der Waals surface area contributed by atoms with Crippen LogP contribution >= 0.6 is 11.6 Å². The number of halogens is 2. The van der Waals surface area contributed by atoms with Gasteiger partial charge >= 0.3 is 12.1 Å². The highest BCUT2D eigenvalue weighted by atomic mass is 35.5. The Bertz CT molecular complexity index is 1310. The van der Waals surface area contributed by atoms with E-state index in [1.807, 2.05) is 36.4 Å². The summed E-state index contributed by atoms with van der Waals surface area (Å²) in [5.74, 6) is -1.31. The van der Waals surface area contributed by atoms with Crippen molar-refractivity contribution < 1.29 is 33.0 Å². The highest BCUT2D eigenvalue weighted by Crippen LogP contribution is 2.45. The van der Waals surface area contributed by atoms with Crippen LogP contribution < -0.4 is 4.74 Å². The Morgan fingerprint density at radius 2 is 1.97 bits per heavy atom. The van der Waals surface area contributed by atoms with Gasteiger partial charge in [0.1, 0.15) is 24.7 Å². The Labute approximate surface area is 200 Å². The van der Waals surface area contributed by atoms with Crippen molar-refractivity contribution in [1.29, 1.82) is 0 Å². The Kier molecular flexibility index (Phi) is 5.54. The van der Waals surface area contributed by atoms with E-state index in [0.29, 0.717) is 24.4 Å². The number of carbonyl (C=O) groups excluding carboxylic acids is 1. The number of benzene rings is 3. The molecule has 3 unspecified atom stereocenters. The molecule has 174 valence electrons. The molecule has 1 fully saturated rings. The summed E-state index contributed by atoms with van der Waals surface area (Å²) in [7, 11) is 0. The lowest BCUT2D eigenvalue weighted by Crippen LogP contribution is -2.40. The molecule has 0 bridgehead atoms. The van der Waals surface area contributed by atoms with Crippen LogP contribution in [0.2, 0.25) is 5.02 Å². The molecule has 0 radical (unpaired) electrons. The smallest absolute Gasteiger partial charge is 0.481 e. The lowest BCUT2D eigenvalue weighted by Gasteiger charge is -2.23. The van der Waals surface area contributed by atoms with Gasteiger partial charge in [0.25, 0.3) is 6.23 Å². The summed E-state index contributed by atoms with van der Waals surface area (Å²) in [6.45, 7) is 2.35. The fourth-order valence-electron chi connectivity index (χ4n) is 4.28. The number of carboxylic acids is 1. The molecule has 6 nitrogen and oxygen atoms in total. The molecule has 1 saturated heterocycles. The Morgan fingerprint density at radius 3 is 2.74 bits per heavy atom. The molecule has 5 rings (SSSR count). The quantitative estimate of drug-likeness (QED) is 0.372. The number of hydrogen-bond acceptors (Lipinski definition) is 4. The molecular weight excluding hydrogens is 461 g/mol. The molecule has 2 aliphatic rings. The van der Waals surface area contributed by atoms with Crippen molar-refractivity contribution in [2.45, 2.75) is 32.2 Å². The number of amides is 1. The van der Waals surface area contributed by atoms with E-state index in [9.17, 15) is 19.1 Å². The van der Waals surface area contributed by atoms with E-state index in [-0.39, 0.29) is 27.9 Å². The highest BCUT2D eigenvalue weighted by Gasteiger charge is 2.67. The predicted octanol–water partition coefficient (Wildman–Crippen LogP) is 5.72. The third-order valence-corrected chi connectivity index (χ3v) is 6.73. The summed E-state index contributed by atoms with van der Waals surface area (Å²) < 4.78 is 25.5. The maximum atomic E-state index is 14.0. The summed E-state index contributed by atoms with van der Waals surface area (Å²) in [5.41, 5.74) is 3.61. The normalized spacial score (nSPS) is 21.0. The molecule has 0 spiro atoms. The van der Waals surface area contributed by atoms with Gasteiger partial charge in [-0.25, -0.2) is 4.39 Å². The number of hydrogen-bond donors (Lipinski definition) is 1. The van der Waals surface area contributed by atoms with E-state index < -0.39 is 23.8 Å². The molecule has 0 aliphatic carbocycles. The van der Waals surface area contributed by atoms with E-state index in [2.05, 4.69) is 0 Å². The Morgan fingerprint density at radius 1 is 1.18 bits per heavy atom. The number of nitrogens with zero attached hydrogens (tertiary/aromatic N) is 1. The zero-order valence-corrected chi connectivity index (χ0v) is 19.1. The minimum absolute atomic E-state index is 0.00174. The zero-order valence-electron chi connectivity index (χ0n) is 18.3. The van der Waals surface area contributed by atoms with Gasteiger partial charge in [-0.15, -0.1) is 0 Å². The zero-order chi connectivity index (χ0) is 24.0. The molecule has 0 aromatic heterocycles. The van der Waals surface area contributed by atoms with Crippen LogP contribution in [0.3, 0.4) is 0 Å². The monoisotopic (exact) mass is 482 g/mol. The van der Waals surface area contributed by atoms with Crippen LogP contribution in [0.4, 0.5) is 9.18 Å². The molecule has 34 heavy (non-hydrogen) atoms. The lowest BCUT2D eigenvalue weighted by atomic mass is 9.95. The van der Waals surface area contributed by atoms with Gasteiger partial charge in [0, 0.05) is 16.1 Å². The topological polar surface area (TPSA) is 72.8 Å². The number of fused-ring (bicyclic) bond motifs is 2. The largest absolute Gasteiger partial charge is 0.520 e. The molecule has 1 amide bonds. The molecule has 0 saturated carbocycles. The molecule has 2 heterocycles. The van der Waals surface area contributed by atoms with Gasteiger partial charge in [-0.05, 0) is 47.9 Å². The highest BCUT2D eigenvalue weighted by molar-refractivity contribution is 6.30. The van der Waals surface area contributed by atoms with Gasteiger partial charge in [0.15, 0.2) is 6.54 Å². The van der Waals surface area contributed by atoms with Crippen LogP contribution in [-0.4, -0.2) is 34.4 Å². The second-order valence-electron chi connectivity index (χ2n) is 8.75. The Balaban J connectivity index is 1.34. The number of carbonyl (C=O) groups is 2. The van der Waals surface area contributed by atoms with Gasteiger partial charge < -0.3 is 14.6 Å². The molecular formula is C26H22ClFNO5+. The Hall–Kier alpha value is -3.42. The minimum atomic E-state index is -0.882. The SMILES string of the molecule is CC(C(=O)O)c1cccc(-c2ccc3c(c2)C[N+]2(C(=O)OCc4ccc(Cl)cc4F)CC2O3)c1. The van der Waals surface area contributed by atoms with Crippen LogP contribution in [0.25, 0.3) is 11.1 Å². The third kappa shape index (κ3) is 4.02. The molecule has 3 atom stereocenters. The second kappa shape index (κ2) is 8.42. The van der Waals surface area contributed by atoms with Crippen molar-refractivity contribution in [2.75, 3.05) is 6.54 Å². The first-order chi connectivity index (χ1) is 16.3. The number of rotatable bonds is 5. The third-order valence-electron chi connectivity index (χ3n) is 6.50. The van der Waals surface area contributed by atoms with E-state index >= 15 is 0 Å². The van der Waals surface area contributed by atoms with Crippen molar-refractivity contribution in [3.8, 4) is 16.9 Å². The van der Waals surface area contributed by atoms with Crippen LogP contribution in [-0.2, 0) is 22.7 Å². The standard InChI is InChI=1S/C26H21ClFNO5/c1-15(25(30)31)16-3-2-4-17(9-16)18-6-8-23-20(10-18)12-29(13-24(29)34-23)26(32)33-14-19-5-7-21(27)11-22(19)28/h2-11,15,24H,12-14H2,1H3/p+1. The molecule has 2 aliphatic heterocycles. The fourth-order valence-corrected chi connectivity index (χ4v) is 4.44. The van der Waals surface area contributed by atoms with Gasteiger partial charge in [0.2, 0.25) is 0 Å². The lowest BCUT2D eigenvalue weighted by molar-refractivity contribution is -0.769. The number of aliphatic carboxylic acids is 1. The summed E-state index contributed by atoms with van der Waals surface area (Å²) in [4.78, 5) is 24.3. The number of carboxylic acid groups (broad SMARTS) is 1. The molecule has 8 heteroatoms. The predicted molar refractivity (Wildman–Crippen MR) is 123 cm³/mol. The van der Waals surface area contributed by atoms with Crippen molar-refractivity contribution in [2.24, 2.45) is 0 Å². The first kappa shape index (κ1) is 22.4. The van der Waals surface area contributed by atoms with Crippen molar-refractivity contribution in [3.05, 3.63) is 88.2 Å². The van der Waals surface area contributed by atoms with Crippen LogP contribution in [0, 0.1) is 5.82 Å². The van der Waals surface area contributed by atoms with Gasteiger partial charge in [-0.2, -0.15) is 9.28 Å². The number of ether oxygens (including phenoxy) is 2. The summed E-state index contributed by atoms with van der Waals surface area (Å²) >= 11 is 5.78. The van der Waals surface area contributed by atoms with Crippen LogP contribution in [0.5, 0.6) is 5.75 Å². The van der Waals surface area contributed by atoms with Crippen molar-refractivity contribution in [3.63, 3.8) is 0 Å². The molecule has 1 N–H and O–H groups in total. The first-order valence-electron chi connectivity index (χ1n) is 10.9.